The number of nitrogens with zero attached hydrogens (tertiary/aromatic N) is 4. The van der Waals surface area contributed by atoms with E-state index in [4.69, 9.17) is 4.74 Å². The summed E-state index contributed by atoms with van der Waals surface area (Å²) in [5.41, 5.74) is 3.30. The maximum absolute atomic E-state index is 12.1. The van der Waals surface area contributed by atoms with E-state index >= 15 is 0 Å². The Hall–Kier alpha value is -2.35. The van der Waals surface area contributed by atoms with Gasteiger partial charge in [0.1, 0.15) is 0 Å². The quantitative estimate of drug-likeness (QED) is 0.806. The van der Waals surface area contributed by atoms with E-state index in [0.29, 0.717) is 19.0 Å². The van der Waals surface area contributed by atoms with Gasteiger partial charge in [-0.05, 0) is 32.8 Å². The van der Waals surface area contributed by atoms with Crippen LogP contribution in [0.4, 0.5) is 10.6 Å². The SMILES string of the molecule is COCCn1ccc(NC(=O)NC(C)Cc2c(C)nn(C)c2C)n1. The summed E-state index contributed by atoms with van der Waals surface area (Å²) in [5, 5.41) is 14.3. The second-order valence-corrected chi connectivity index (χ2v) is 5.93. The Labute approximate surface area is 142 Å². The maximum atomic E-state index is 12.1. The summed E-state index contributed by atoms with van der Waals surface area (Å²) in [4.78, 5) is 12.1. The van der Waals surface area contributed by atoms with E-state index in [1.54, 1.807) is 24.1 Å². The van der Waals surface area contributed by atoms with Crippen LogP contribution >= 0.6 is 0 Å². The highest BCUT2D eigenvalue weighted by Crippen LogP contribution is 2.14. The highest BCUT2D eigenvalue weighted by Gasteiger charge is 2.15. The molecule has 2 heterocycles. The number of carbonyl (C=O) groups is 1. The van der Waals surface area contributed by atoms with Crippen LogP contribution in [0.25, 0.3) is 0 Å². The van der Waals surface area contributed by atoms with E-state index in [2.05, 4.69) is 20.8 Å². The van der Waals surface area contributed by atoms with Crippen molar-refractivity contribution in [2.45, 2.75) is 39.8 Å². The first-order valence-corrected chi connectivity index (χ1v) is 7.99. The highest BCUT2D eigenvalue weighted by atomic mass is 16.5. The first kappa shape index (κ1) is 18.0. The van der Waals surface area contributed by atoms with E-state index in [-0.39, 0.29) is 12.1 Å². The number of amides is 2. The normalized spacial score (nSPS) is 12.2. The number of hydrogen-bond acceptors (Lipinski definition) is 4. The van der Waals surface area contributed by atoms with Crippen molar-refractivity contribution in [3.05, 3.63) is 29.2 Å². The Morgan fingerprint density at radius 1 is 1.38 bits per heavy atom. The van der Waals surface area contributed by atoms with Crippen molar-refractivity contribution < 1.29 is 9.53 Å². The highest BCUT2D eigenvalue weighted by molar-refractivity contribution is 5.88. The molecule has 0 saturated heterocycles. The van der Waals surface area contributed by atoms with E-state index in [1.807, 2.05) is 32.5 Å². The molecule has 0 spiro atoms. The molecule has 2 amide bonds. The van der Waals surface area contributed by atoms with Gasteiger partial charge in [0.25, 0.3) is 0 Å². The zero-order valence-corrected chi connectivity index (χ0v) is 15.0. The fourth-order valence-electron chi connectivity index (χ4n) is 2.58. The molecule has 2 aromatic rings. The van der Waals surface area contributed by atoms with Gasteiger partial charge in [-0.25, -0.2) is 4.79 Å². The molecule has 132 valence electrons. The Morgan fingerprint density at radius 3 is 2.75 bits per heavy atom. The van der Waals surface area contributed by atoms with Crippen molar-refractivity contribution in [2.24, 2.45) is 7.05 Å². The molecular weight excluding hydrogens is 308 g/mol. The predicted octanol–water partition coefficient (Wildman–Crippen LogP) is 1.63. The molecule has 8 heteroatoms. The third-order valence-corrected chi connectivity index (χ3v) is 3.95. The third kappa shape index (κ3) is 4.58. The Kier molecular flexibility index (Phi) is 5.97. The summed E-state index contributed by atoms with van der Waals surface area (Å²) in [6.45, 7) is 7.23. The number of hydrogen-bond donors (Lipinski definition) is 2. The Morgan fingerprint density at radius 2 is 2.12 bits per heavy atom. The summed E-state index contributed by atoms with van der Waals surface area (Å²) in [6.07, 6.45) is 2.54. The van der Waals surface area contributed by atoms with Gasteiger partial charge in [0.15, 0.2) is 5.82 Å². The molecule has 0 saturated carbocycles. The van der Waals surface area contributed by atoms with E-state index < -0.39 is 0 Å². The number of methoxy groups -OCH3 is 1. The minimum absolute atomic E-state index is 0.0119. The van der Waals surface area contributed by atoms with Crippen molar-refractivity contribution in [1.29, 1.82) is 0 Å². The standard InChI is InChI=1S/C16H26N6O2/c1-11(10-14-12(2)19-21(4)13(14)3)17-16(23)18-15-6-7-22(20-15)8-9-24-5/h6-7,11H,8-10H2,1-5H3,(H2,17,18,20,23). The molecule has 2 N–H and O–H groups in total. The van der Waals surface area contributed by atoms with Gasteiger partial charge < -0.3 is 10.1 Å². The van der Waals surface area contributed by atoms with Crippen molar-refractivity contribution >= 4 is 11.8 Å². The lowest BCUT2D eigenvalue weighted by Crippen LogP contribution is -2.37. The first-order valence-electron chi connectivity index (χ1n) is 7.99. The molecule has 1 unspecified atom stereocenters. The van der Waals surface area contributed by atoms with Crippen molar-refractivity contribution in [2.75, 3.05) is 19.0 Å². The minimum atomic E-state index is -0.265. The number of carbonyl (C=O) groups excluding carboxylic acids is 1. The minimum Gasteiger partial charge on any atom is -0.383 e. The fraction of sp³-hybridized carbons (Fsp3) is 0.562. The molecule has 0 radical (unpaired) electrons. The summed E-state index contributed by atoms with van der Waals surface area (Å²) >= 11 is 0. The van der Waals surface area contributed by atoms with Gasteiger partial charge in [-0.1, -0.05) is 0 Å². The predicted molar refractivity (Wildman–Crippen MR) is 92.1 cm³/mol. The summed E-state index contributed by atoms with van der Waals surface area (Å²) < 4.78 is 8.59. The average Bonchev–Trinajstić information content (AvgIpc) is 3.05. The second-order valence-electron chi connectivity index (χ2n) is 5.93. The molecule has 2 rings (SSSR count). The van der Waals surface area contributed by atoms with Gasteiger partial charge in [0.05, 0.1) is 18.8 Å². The molecule has 2 aromatic heterocycles. The van der Waals surface area contributed by atoms with Crippen LogP contribution in [0.2, 0.25) is 0 Å². The molecule has 1 atom stereocenters. The molecule has 24 heavy (non-hydrogen) atoms. The van der Waals surface area contributed by atoms with Gasteiger partial charge in [0, 0.05) is 38.2 Å². The smallest absolute Gasteiger partial charge is 0.320 e. The number of nitrogens with one attached hydrogen (secondary N) is 2. The van der Waals surface area contributed by atoms with Gasteiger partial charge >= 0.3 is 6.03 Å². The monoisotopic (exact) mass is 334 g/mol. The number of aromatic nitrogens is 4. The molecule has 0 fully saturated rings. The van der Waals surface area contributed by atoms with Crippen LogP contribution in [-0.2, 0) is 24.8 Å². The molecule has 0 bridgehead atoms. The maximum Gasteiger partial charge on any atom is 0.320 e. The van der Waals surface area contributed by atoms with E-state index in [0.717, 1.165) is 17.8 Å². The molecule has 8 nitrogen and oxygen atoms in total. The topological polar surface area (TPSA) is 86.0 Å². The van der Waals surface area contributed by atoms with Gasteiger partial charge in [-0.2, -0.15) is 10.2 Å². The second kappa shape index (κ2) is 7.96. The van der Waals surface area contributed by atoms with Crippen LogP contribution in [0.3, 0.4) is 0 Å². The number of anilines is 1. The molecule has 0 aromatic carbocycles. The first-order chi connectivity index (χ1) is 11.4. The number of ether oxygens (including phenoxy) is 1. The fourth-order valence-corrected chi connectivity index (χ4v) is 2.58. The van der Waals surface area contributed by atoms with Gasteiger partial charge in [-0.3, -0.25) is 14.7 Å². The molecule has 0 aliphatic carbocycles. The third-order valence-electron chi connectivity index (χ3n) is 3.95. The van der Waals surface area contributed by atoms with E-state index in [9.17, 15) is 4.79 Å². The summed E-state index contributed by atoms with van der Waals surface area (Å²) in [6, 6.07) is 1.48. The van der Waals surface area contributed by atoms with Gasteiger partial charge in [-0.15, -0.1) is 0 Å². The van der Waals surface area contributed by atoms with Gasteiger partial charge in [0.2, 0.25) is 0 Å². The average molecular weight is 334 g/mol. The van der Waals surface area contributed by atoms with Crippen molar-refractivity contribution in [3.8, 4) is 0 Å². The lowest BCUT2D eigenvalue weighted by Gasteiger charge is -2.14. The number of urea groups is 1. The van der Waals surface area contributed by atoms with Crippen LogP contribution in [0.15, 0.2) is 12.3 Å². The molecule has 0 aliphatic heterocycles. The zero-order valence-electron chi connectivity index (χ0n) is 15.0. The van der Waals surface area contributed by atoms with Crippen LogP contribution in [0.1, 0.15) is 23.9 Å². The number of rotatable bonds is 7. The zero-order chi connectivity index (χ0) is 17.7. The largest absolute Gasteiger partial charge is 0.383 e. The summed E-state index contributed by atoms with van der Waals surface area (Å²) in [7, 11) is 3.57. The van der Waals surface area contributed by atoms with Crippen LogP contribution in [0.5, 0.6) is 0 Å². The number of aryl methyl sites for hydroxylation is 2. The van der Waals surface area contributed by atoms with Crippen molar-refractivity contribution in [1.82, 2.24) is 24.9 Å². The molecular formula is C16H26N6O2. The summed E-state index contributed by atoms with van der Waals surface area (Å²) in [5.74, 6) is 0.518. The van der Waals surface area contributed by atoms with Crippen molar-refractivity contribution in [3.63, 3.8) is 0 Å². The van der Waals surface area contributed by atoms with Crippen LogP contribution < -0.4 is 10.6 Å². The lowest BCUT2D eigenvalue weighted by molar-refractivity contribution is 0.183. The molecule has 0 aliphatic rings. The Balaban J connectivity index is 1.86. The van der Waals surface area contributed by atoms with Crippen LogP contribution in [0, 0.1) is 13.8 Å². The van der Waals surface area contributed by atoms with Crippen LogP contribution in [-0.4, -0.2) is 45.4 Å². The lowest BCUT2D eigenvalue weighted by atomic mass is 10.1. The Bertz CT molecular complexity index is 691. The van der Waals surface area contributed by atoms with E-state index in [1.165, 1.54) is 5.56 Å².